The quantitative estimate of drug-likeness (QED) is 0.762. The third-order valence-electron chi connectivity index (χ3n) is 2.76. The normalized spacial score (nSPS) is 17.8. The van der Waals surface area contributed by atoms with Crippen LogP contribution in [-0.4, -0.2) is 22.8 Å². The van der Waals surface area contributed by atoms with E-state index in [0.29, 0.717) is 0 Å². The van der Waals surface area contributed by atoms with Gasteiger partial charge in [0.05, 0.1) is 12.7 Å². The van der Waals surface area contributed by atoms with Crippen molar-refractivity contribution in [1.29, 1.82) is 0 Å². The van der Waals surface area contributed by atoms with Gasteiger partial charge in [-0.3, -0.25) is 4.31 Å². The van der Waals surface area contributed by atoms with E-state index in [2.05, 4.69) is 4.98 Å². The number of benzene rings is 1. The van der Waals surface area contributed by atoms with E-state index in [-0.39, 0.29) is 12.4 Å². The summed E-state index contributed by atoms with van der Waals surface area (Å²) >= 11 is 0. The van der Waals surface area contributed by atoms with Gasteiger partial charge in [0.2, 0.25) is 5.88 Å². The molecule has 3 rings (SSSR count). The van der Waals surface area contributed by atoms with Gasteiger partial charge in [0.1, 0.15) is 0 Å². The number of H-pyrrole nitrogens is 1. The Bertz CT molecular complexity index is 733. The Balaban J connectivity index is 1.92. The molecule has 1 aromatic carbocycles. The van der Waals surface area contributed by atoms with E-state index in [1.165, 1.54) is 0 Å². The third kappa shape index (κ3) is 1.78. The molecule has 0 saturated carbocycles. The topological polar surface area (TPSA) is 85.4 Å². The summed E-state index contributed by atoms with van der Waals surface area (Å²) in [5.41, 5.74) is 1.85. The summed E-state index contributed by atoms with van der Waals surface area (Å²) in [6, 6.07) is 7.56. The van der Waals surface area contributed by atoms with Gasteiger partial charge in [0, 0.05) is 11.7 Å². The lowest BCUT2D eigenvalue weighted by atomic mass is 10.1. The molecule has 3 N–H and O–H groups in total. The van der Waals surface area contributed by atoms with Crippen LogP contribution in [-0.2, 0) is 16.8 Å². The molecule has 0 saturated heterocycles. The second kappa shape index (κ2) is 3.67. The first-order valence-corrected chi connectivity index (χ1v) is 6.75. The van der Waals surface area contributed by atoms with Crippen LogP contribution in [0.2, 0.25) is 0 Å². The SMILES string of the molecule is O=S1(=O)NC(O)=CN1Cc1ccc2[nH]ccc2c1. The third-order valence-corrected chi connectivity index (χ3v) is 4.08. The van der Waals surface area contributed by atoms with Gasteiger partial charge < -0.3 is 10.1 Å². The second-order valence-corrected chi connectivity index (χ2v) is 5.69. The van der Waals surface area contributed by atoms with Gasteiger partial charge in [-0.05, 0) is 29.1 Å². The van der Waals surface area contributed by atoms with Gasteiger partial charge in [-0.2, -0.15) is 8.42 Å². The number of aliphatic hydroxyl groups excluding tert-OH is 1. The highest BCUT2D eigenvalue weighted by Gasteiger charge is 2.27. The van der Waals surface area contributed by atoms with Crippen molar-refractivity contribution >= 4 is 21.1 Å². The van der Waals surface area contributed by atoms with E-state index in [9.17, 15) is 13.5 Å². The number of rotatable bonds is 2. The van der Waals surface area contributed by atoms with Gasteiger partial charge >= 0.3 is 10.2 Å². The van der Waals surface area contributed by atoms with Crippen molar-refractivity contribution in [2.45, 2.75) is 6.54 Å². The Morgan fingerprint density at radius 3 is 2.83 bits per heavy atom. The summed E-state index contributed by atoms with van der Waals surface area (Å²) in [4.78, 5) is 3.07. The number of nitrogens with zero attached hydrogens (tertiary/aromatic N) is 1. The fourth-order valence-corrected chi connectivity index (χ4v) is 2.93. The molecule has 1 aromatic heterocycles. The lowest BCUT2D eigenvalue weighted by Crippen LogP contribution is -2.29. The van der Waals surface area contributed by atoms with Crippen molar-refractivity contribution in [1.82, 2.24) is 14.0 Å². The Morgan fingerprint density at radius 2 is 2.11 bits per heavy atom. The number of hydrogen-bond donors (Lipinski definition) is 3. The van der Waals surface area contributed by atoms with Crippen LogP contribution >= 0.6 is 0 Å². The van der Waals surface area contributed by atoms with Crippen LogP contribution < -0.4 is 4.72 Å². The second-order valence-electron chi connectivity index (χ2n) is 4.07. The zero-order valence-corrected chi connectivity index (χ0v) is 10.1. The first-order chi connectivity index (χ1) is 8.54. The highest BCUT2D eigenvalue weighted by molar-refractivity contribution is 7.87. The molecule has 2 aromatic rings. The molecule has 0 atom stereocenters. The number of hydrogen-bond acceptors (Lipinski definition) is 3. The minimum atomic E-state index is -3.64. The van der Waals surface area contributed by atoms with Crippen molar-refractivity contribution in [2.75, 3.05) is 0 Å². The van der Waals surface area contributed by atoms with Gasteiger partial charge in [0.25, 0.3) is 0 Å². The van der Waals surface area contributed by atoms with Crippen LogP contribution in [0.3, 0.4) is 0 Å². The van der Waals surface area contributed by atoms with Gasteiger partial charge in [-0.25, -0.2) is 4.72 Å². The smallest absolute Gasteiger partial charge is 0.326 e. The molecule has 0 bridgehead atoms. The minimum absolute atomic E-state index is 0.181. The Hall–Kier alpha value is -2.15. The summed E-state index contributed by atoms with van der Waals surface area (Å²) in [6.45, 7) is 0.181. The molecule has 6 nitrogen and oxygen atoms in total. The molecule has 1 aliphatic rings. The first-order valence-electron chi connectivity index (χ1n) is 5.31. The van der Waals surface area contributed by atoms with E-state index in [1.54, 1.807) is 0 Å². The van der Waals surface area contributed by atoms with E-state index in [4.69, 9.17) is 0 Å². The number of aliphatic hydroxyl groups is 1. The fourth-order valence-electron chi connectivity index (χ4n) is 1.93. The van der Waals surface area contributed by atoms with Crippen molar-refractivity contribution in [3.63, 3.8) is 0 Å². The first kappa shape index (κ1) is 11.0. The molecular weight excluding hydrogens is 254 g/mol. The summed E-state index contributed by atoms with van der Waals surface area (Å²) < 4.78 is 26.2. The molecule has 0 amide bonds. The predicted octanol–water partition coefficient (Wildman–Crippen LogP) is 1.17. The molecule has 0 unspecified atom stereocenters. The summed E-state index contributed by atoms with van der Waals surface area (Å²) in [7, 11) is -3.64. The van der Waals surface area contributed by atoms with Crippen molar-refractivity contribution in [3.05, 3.63) is 48.1 Å². The van der Waals surface area contributed by atoms with Gasteiger partial charge in [-0.15, -0.1) is 0 Å². The molecule has 1 aliphatic heterocycles. The fraction of sp³-hybridized carbons (Fsp3) is 0.0909. The van der Waals surface area contributed by atoms with Crippen LogP contribution in [0.1, 0.15) is 5.56 Å². The molecule has 0 spiro atoms. The zero-order chi connectivity index (χ0) is 12.8. The Labute approximate surface area is 104 Å². The van der Waals surface area contributed by atoms with Crippen molar-refractivity contribution in [3.8, 4) is 0 Å². The van der Waals surface area contributed by atoms with Crippen LogP contribution in [0, 0.1) is 0 Å². The molecule has 0 aliphatic carbocycles. The Morgan fingerprint density at radius 1 is 1.28 bits per heavy atom. The lowest BCUT2D eigenvalue weighted by molar-refractivity contribution is 0.390. The van der Waals surface area contributed by atoms with Gasteiger partial charge in [-0.1, -0.05) is 6.07 Å². The maximum atomic E-state index is 11.6. The number of fused-ring (bicyclic) bond motifs is 1. The highest BCUT2D eigenvalue weighted by Crippen LogP contribution is 2.19. The van der Waals surface area contributed by atoms with Crippen LogP contribution in [0.15, 0.2) is 42.5 Å². The maximum Gasteiger partial charge on any atom is 0.326 e. The average molecular weight is 265 g/mol. The average Bonchev–Trinajstić information content (AvgIpc) is 2.83. The molecular formula is C11H11N3O3S. The van der Waals surface area contributed by atoms with Crippen LogP contribution in [0.25, 0.3) is 10.9 Å². The van der Waals surface area contributed by atoms with E-state index < -0.39 is 10.2 Å². The van der Waals surface area contributed by atoms with Crippen LogP contribution in [0.4, 0.5) is 0 Å². The molecule has 7 heteroatoms. The standard InChI is InChI=1S/C11H11N3O3S/c15-11-7-14(18(16,17)13-11)6-8-1-2-10-9(5-8)3-4-12-10/h1-5,7,12-13,15H,6H2. The lowest BCUT2D eigenvalue weighted by Gasteiger charge is -2.13. The summed E-state index contributed by atoms with van der Waals surface area (Å²) in [6.07, 6.45) is 2.99. The molecule has 0 fully saturated rings. The Kier molecular flexibility index (Phi) is 2.24. The molecule has 94 valence electrons. The number of aromatic amines is 1. The molecule has 0 radical (unpaired) electrons. The predicted molar refractivity (Wildman–Crippen MR) is 66.6 cm³/mol. The summed E-state index contributed by atoms with van der Waals surface area (Å²) in [5, 5.41) is 10.2. The molecule has 2 heterocycles. The number of aromatic nitrogens is 1. The van der Waals surface area contributed by atoms with E-state index in [1.807, 2.05) is 35.2 Å². The van der Waals surface area contributed by atoms with E-state index >= 15 is 0 Å². The van der Waals surface area contributed by atoms with Crippen molar-refractivity contribution < 1.29 is 13.5 Å². The molecule has 18 heavy (non-hydrogen) atoms. The minimum Gasteiger partial charge on any atom is -0.493 e. The van der Waals surface area contributed by atoms with Gasteiger partial charge in [0.15, 0.2) is 0 Å². The van der Waals surface area contributed by atoms with Crippen molar-refractivity contribution in [2.24, 2.45) is 0 Å². The maximum absolute atomic E-state index is 11.6. The van der Waals surface area contributed by atoms with E-state index in [0.717, 1.165) is 27.0 Å². The largest absolute Gasteiger partial charge is 0.493 e. The zero-order valence-electron chi connectivity index (χ0n) is 9.29. The highest BCUT2D eigenvalue weighted by atomic mass is 32.2. The summed E-state index contributed by atoms with van der Waals surface area (Å²) in [5.74, 6) is -0.363. The van der Waals surface area contributed by atoms with Crippen LogP contribution in [0.5, 0.6) is 0 Å². The number of nitrogens with one attached hydrogen (secondary N) is 2. The monoisotopic (exact) mass is 265 g/mol.